The van der Waals surface area contributed by atoms with Gasteiger partial charge in [0.05, 0.1) is 13.2 Å². The van der Waals surface area contributed by atoms with Crippen LogP contribution in [0.4, 0.5) is 0 Å². The van der Waals surface area contributed by atoms with Crippen LogP contribution in [0.25, 0.3) is 0 Å². The van der Waals surface area contributed by atoms with E-state index in [9.17, 15) is 35.1 Å². The van der Waals surface area contributed by atoms with Crippen molar-refractivity contribution in [3.63, 3.8) is 0 Å². The third-order valence-corrected chi connectivity index (χ3v) is 5.90. The first-order valence-electron chi connectivity index (χ1n) is 11.7. The highest BCUT2D eigenvalue weighted by Crippen LogP contribution is 2.29. The van der Waals surface area contributed by atoms with E-state index in [0.717, 1.165) is 12.8 Å². The normalized spacial score (nSPS) is 37.6. The summed E-state index contributed by atoms with van der Waals surface area (Å²) in [5, 5.41) is 56.2. The second kappa shape index (κ2) is 14.3. The first-order valence-corrected chi connectivity index (χ1v) is 11.7. The molecule has 14 nitrogen and oxygen atoms in total. The first kappa shape index (κ1) is 29.8. The third-order valence-electron chi connectivity index (χ3n) is 5.90. The molecule has 9 N–H and O–H groups in total. The van der Waals surface area contributed by atoms with Gasteiger partial charge in [0.15, 0.2) is 12.6 Å². The zero-order valence-electron chi connectivity index (χ0n) is 20.0. The van der Waals surface area contributed by atoms with E-state index in [2.05, 4.69) is 10.6 Å². The van der Waals surface area contributed by atoms with Gasteiger partial charge in [0.25, 0.3) is 0 Å². The van der Waals surface area contributed by atoms with Crippen LogP contribution < -0.4 is 16.4 Å². The summed E-state index contributed by atoms with van der Waals surface area (Å²) in [7, 11) is 0. The van der Waals surface area contributed by atoms with Crippen LogP contribution in [0.2, 0.25) is 0 Å². The Hall–Kier alpha value is -1.46. The van der Waals surface area contributed by atoms with Gasteiger partial charge in [0.1, 0.15) is 48.7 Å². The molecule has 2 rings (SSSR count). The van der Waals surface area contributed by atoms with Gasteiger partial charge in [-0.25, -0.2) is 0 Å². The number of aliphatic hydroxyl groups excluding tert-OH is 5. The molecule has 2 heterocycles. The van der Waals surface area contributed by atoms with Crippen LogP contribution >= 0.6 is 0 Å². The maximum Gasteiger partial charge on any atom is 0.217 e. The van der Waals surface area contributed by atoms with Gasteiger partial charge in [-0.05, 0) is 25.8 Å². The second-order valence-electron chi connectivity index (χ2n) is 8.70. The average molecular weight is 510 g/mol. The van der Waals surface area contributed by atoms with Crippen LogP contribution in [0, 0.1) is 0 Å². The van der Waals surface area contributed by atoms with E-state index in [1.807, 2.05) is 0 Å². The number of hydrogen-bond acceptors (Lipinski definition) is 12. The number of ether oxygens (including phenoxy) is 4. The Morgan fingerprint density at radius 2 is 1.40 bits per heavy atom. The van der Waals surface area contributed by atoms with Crippen LogP contribution in [0.3, 0.4) is 0 Å². The molecule has 204 valence electrons. The summed E-state index contributed by atoms with van der Waals surface area (Å²) in [6, 6.07) is -2.35. The van der Waals surface area contributed by atoms with Crippen molar-refractivity contribution in [2.24, 2.45) is 5.73 Å². The summed E-state index contributed by atoms with van der Waals surface area (Å²) in [5.74, 6) is -1.03. The summed E-state index contributed by atoms with van der Waals surface area (Å²) >= 11 is 0. The summed E-state index contributed by atoms with van der Waals surface area (Å²) in [6.07, 6.45) is -8.49. The lowest BCUT2D eigenvalue weighted by Crippen LogP contribution is -2.69. The number of aliphatic hydroxyl groups is 5. The Morgan fingerprint density at radius 1 is 0.829 bits per heavy atom. The SMILES string of the molecule is CC(=O)N[C@H]1[C@H](OCCCCCN)O[C@H](CO)[C@@H](O[C@@H]2O[C@H](CO)[C@@H](O)[C@H](O)[C@H]2NC(C)=O)[C@@H]1O. The Kier molecular flexibility index (Phi) is 12.2. The maximum atomic E-state index is 11.8. The van der Waals surface area contributed by atoms with Gasteiger partial charge in [-0.15, -0.1) is 0 Å². The molecule has 0 aromatic heterocycles. The van der Waals surface area contributed by atoms with Crippen molar-refractivity contribution in [2.75, 3.05) is 26.4 Å². The molecule has 35 heavy (non-hydrogen) atoms. The number of nitrogens with one attached hydrogen (secondary N) is 2. The molecular formula is C21H39N3O11. The summed E-state index contributed by atoms with van der Waals surface area (Å²) in [5.41, 5.74) is 5.48. The molecule has 0 aromatic carbocycles. The van der Waals surface area contributed by atoms with E-state index in [1.54, 1.807) is 0 Å². The topological polar surface area (TPSA) is 222 Å². The standard InChI is InChI=1S/C21H39N3O11/c1-10(27)23-14-17(30)16(29)12(8-25)33-21(14)35-19-13(9-26)34-20(32-7-5-3-4-6-22)15(18(19)31)24-11(2)28/h12-21,25-26,29-31H,3-9,22H2,1-2H3,(H,23,27)(H,24,28)/t12-,13-,14-,15-,16-,17-,18-,19-,20-,21+/m1/s1. The number of amides is 2. The molecule has 2 amide bonds. The molecule has 0 radical (unpaired) electrons. The smallest absolute Gasteiger partial charge is 0.217 e. The molecule has 2 aliphatic heterocycles. The van der Waals surface area contributed by atoms with E-state index >= 15 is 0 Å². The molecule has 0 spiro atoms. The zero-order valence-corrected chi connectivity index (χ0v) is 20.0. The fourth-order valence-corrected chi connectivity index (χ4v) is 4.13. The highest BCUT2D eigenvalue weighted by molar-refractivity contribution is 5.73. The van der Waals surface area contributed by atoms with Crippen LogP contribution in [0.1, 0.15) is 33.1 Å². The third kappa shape index (κ3) is 8.01. The average Bonchev–Trinajstić information content (AvgIpc) is 2.81. The quantitative estimate of drug-likeness (QED) is 0.118. The molecule has 2 fully saturated rings. The summed E-state index contributed by atoms with van der Waals surface area (Å²) < 4.78 is 22.9. The van der Waals surface area contributed by atoms with Crippen molar-refractivity contribution in [1.29, 1.82) is 0 Å². The highest BCUT2D eigenvalue weighted by Gasteiger charge is 2.51. The molecule has 2 saturated heterocycles. The minimum Gasteiger partial charge on any atom is -0.394 e. The van der Waals surface area contributed by atoms with Gasteiger partial charge in [-0.2, -0.15) is 0 Å². The molecule has 0 aliphatic carbocycles. The molecule has 14 heteroatoms. The fraction of sp³-hybridized carbons (Fsp3) is 0.905. The van der Waals surface area contributed by atoms with E-state index in [4.69, 9.17) is 24.7 Å². The van der Waals surface area contributed by atoms with Gasteiger partial charge in [-0.1, -0.05) is 0 Å². The minimum absolute atomic E-state index is 0.260. The lowest BCUT2D eigenvalue weighted by molar-refractivity contribution is -0.332. The van der Waals surface area contributed by atoms with Gasteiger partial charge in [-0.3, -0.25) is 9.59 Å². The van der Waals surface area contributed by atoms with Gasteiger partial charge in [0, 0.05) is 20.5 Å². The Bertz CT molecular complexity index is 672. The molecule has 0 aromatic rings. The molecular weight excluding hydrogens is 470 g/mol. The number of carbonyl (C=O) groups is 2. The van der Waals surface area contributed by atoms with Crippen molar-refractivity contribution in [3.8, 4) is 0 Å². The highest BCUT2D eigenvalue weighted by atomic mass is 16.7. The predicted octanol–water partition coefficient (Wildman–Crippen LogP) is -3.96. The molecule has 0 bridgehead atoms. The number of unbranched alkanes of at least 4 members (excludes halogenated alkanes) is 2. The fourth-order valence-electron chi connectivity index (χ4n) is 4.13. The van der Waals surface area contributed by atoms with E-state index in [0.29, 0.717) is 13.0 Å². The van der Waals surface area contributed by atoms with Crippen molar-refractivity contribution in [2.45, 2.75) is 94.4 Å². The van der Waals surface area contributed by atoms with E-state index < -0.39 is 86.3 Å². The van der Waals surface area contributed by atoms with Gasteiger partial charge < -0.3 is 60.8 Å². The van der Waals surface area contributed by atoms with Crippen molar-refractivity contribution >= 4 is 11.8 Å². The molecule has 0 saturated carbocycles. The number of rotatable bonds is 12. The lowest BCUT2D eigenvalue weighted by atomic mass is 9.94. The number of nitrogens with two attached hydrogens (primary N) is 1. The molecule has 10 atom stereocenters. The largest absolute Gasteiger partial charge is 0.394 e. The number of hydrogen-bond donors (Lipinski definition) is 8. The predicted molar refractivity (Wildman–Crippen MR) is 118 cm³/mol. The van der Waals surface area contributed by atoms with Crippen molar-refractivity contribution < 1.29 is 54.1 Å². The van der Waals surface area contributed by atoms with Crippen molar-refractivity contribution in [3.05, 3.63) is 0 Å². The molecule has 2 aliphatic rings. The minimum atomic E-state index is -1.57. The van der Waals surface area contributed by atoms with Crippen LogP contribution in [0.15, 0.2) is 0 Å². The zero-order chi connectivity index (χ0) is 26.1. The van der Waals surface area contributed by atoms with E-state index in [1.165, 1.54) is 13.8 Å². The number of carbonyl (C=O) groups excluding carboxylic acids is 2. The second-order valence-corrected chi connectivity index (χ2v) is 8.70. The molecule has 0 unspecified atom stereocenters. The van der Waals surface area contributed by atoms with Gasteiger partial charge in [0.2, 0.25) is 11.8 Å². The van der Waals surface area contributed by atoms with Crippen LogP contribution in [0.5, 0.6) is 0 Å². The Balaban J connectivity index is 2.21. The van der Waals surface area contributed by atoms with Gasteiger partial charge >= 0.3 is 0 Å². The monoisotopic (exact) mass is 509 g/mol. The van der Waals surface area contributed by atoms with Crippen LogP contribution in [-0.2, 0) is 28.5 Å². The summed E-state index contributed by atoms with van der Waals surface area (Å²) in [4.78, 5) is 23.5. The lowest BCUT2D eigenvalue weighted by Gasteiger charge is -2.48. The van der Waals surface area contributed by atoms with Crippen molar-refractivity contribution in [1.82, 2.24) is 10.6 Å². The van der Waals surface area contributed by atoms with E-state index in [-0.39, 0.29) is 6.61 Å². The Labute approximate surface area is 203 Å². The first-order chi connectivity index (χ1) is 16.6. The maximum absolute atomic E-state index is 11.8. The van der Waals surface area contributed by atoms with Crippen LogP contribution in [-0.4, -0.2) is 125 Å². The summed E-state index contributed by atoms with van der Waals surface area (Å²) in [6.45, 7) is 1.98. The Morgan fingerprint density at radius 3 is 1.94 bits per heavy atom.